The largest absolute Gasteiger partial charge is 0.508 e. The first-order chi connectivity index (χ1) is 16.7. The zero-order valence-electron chi connectivity index (χ0n) is 19.2. The quantitative estimate of drug-likeness (QED) is 0.118. The number of nitrogens with one attached hydrogen (secondary N) is 3. The number of carboxylic acids is 2. The maximum Gasteiger partial charge on any atom is 0.326 e. The van der Waals surface area contributed by atoms with Crippen LogP contribution < -0.4 is 27.4 Å². The summed E-state index contributed by atoms with van der Waals surface area (Å²) in [5.41, 5.74) is 11.0. The van der Waals surface area contributed by atoms with Crippen LogP contribution in [-0.4, -0.2) is 86.3 Å². The van der Waals surface area contributed by atoms with E-state index < -0.39 is 78.7 Å². The van der Waals surface area contributed by atoms with Gasteiger partial charge in [0.15, 0.2) is 0 Å². The third-order valence-corrected chi connectivity index (χ3v) is 4.86. The number of aliphatic hydroxyl groups is 1. The molecule has 0 bridgehead atoms. The van der Waals surface area contributed by atoms with Gasteiger partial charge in [0, 0.05) is 6.42 Å². The summed E-state index contributed by atoms with van der Waals surface area (Å²) in [6.45, 7) is 1.21. The molecule has 1 aromatic rings. The number of aromatic hydroxyl groups is 1. The minimum atomic E-state index is -1.80. The predicted octanol–water partition coefficient (Wildman–Crippen LogP) is -3.47. The van der Waals surface area contributed by atoms with E-state index in [4.69, 9.17) is 16.6 Å². The number of rotatable bonds is 14. The van der Waals surface area contributed by atoms with Gasteiger partial charge in [0.05, 0.1) is 18.9 Å². The summed E-state index contributed by atoms with van der Waals surface area (Å²) in [4.78, 5) is 71.8. The first-order valence-electron chi connectivity index (χ1n) is 10.6. The van der Waals surface area contributed by atoms with Crippen molar-refractivity contribution in [3.05, 3.63) is 29.8 Å². The number of carboxylic acid groups (broad SMARTS) is 2. The summed E-state index contributed by atoms with van der Waals surface area (Å²) in [5.74, 6) is -7.43. The molecule has 1 aromatic carbocycles. The van der Waals surface area contributed by atoms with Crippen molar-refractivity contribution >= 4 is 35.6 Å². The smallest absolute Gasteiger partial charge is 0.326 e. The molecule has 0 radical (unpaired) electrons. The molecule has 0 aromatic heterocycles. The Kier molecular flexibility index (Phi) is 11.3. The second-order valence-corrected chi connectivity index (χ2v) is 7.93. The van der Waals surface area contributed by atoms with Crippen molar-refractivity contribution in [3.8, 4) is 5.75 Å². The third-order valence-electron chi connectivity index (χ3n) is 4.86. The lowest BCUT2D eigenvalue weighted by Gasteiger charge is -2.24. The van der Waals surface area contributed by atoms with Crippen molar-refractivity contribution in [2.24, 2.45) is 11.5 Å². The summed E-state index contributed by atoms with van der Waals surface area (Å²) >= 11 is 0. The molecule has 11 N–H and O–H groups in total. The molecule has 4 amide bonds. The molecule has 0 heterocycles. The van der Waals surface area contributed by atoms with Gasteiger partial charge in [-0.3, -0.25) is 24.0 Å². The van der Waals surface area contributed by atoms with E-state index in [2.05, 4.69) is 16.0 Å². The Balaban J connectivity index is 3.04. The van der Waals surface area contributed by atoms with Crippen LogP contribution in [-0.2, 0) is 35.2 Å². The topological polar surface area (TPSA) is 271 Å². The van der Waals surface area contributed by atoms with Crippen LogP contribution in [0.25, 0.3) is 0 Å². The number of carbonyl (C=O) groups excluding carboxylic acids is 4. The maximum atomic E-state index is 12.7. The number of aliphatic carboxylic acids is 2. The lowest BCUT2D eigenvalue weighted by atomic mass is 10.0. The highest BCUT2D eigenvalue weighted by Gasteiger charge is 2.32. The lowest BCUT2D eigenvalue weighted by molar-refractivity contribution is -0.144. The standard InChI is InChI=1S/C21H29N5O10/c1-9(27)17(23)20(34)25-12(7-15(22)29)18(32)24-13(8-16(30)31)19(33)26-14(21(35)36)6-10-2-4-11(28)5-3-10/h2-5,9,12-14,17,27-28H,6-8,23H2,1H3,(H2,22,29)(H,24,32)(H,25,34)(H,26,33)(H,30,31)(H,35,36). The van der Waals surface area contributed by atoms with E-state index in [0.29, 0.717) is 5.56 Å². The molecular weight excluding hydrogens is 482 g/mol. The maximum absolute atomic E-state index is 12.7. The molecule has 0 spiro atoms. The fourth-order valence-electron chi connectivity index (χ4n) is 2.89. The van der Waals surface area contributed by atoms with Gasteiger partial charge in [0.25, 0.3) is 0 Å². The van der Waals surface area contributed by atoms with Crippen molar-refractivity contribution in [1.82, 2.24) is 16.0 Å². The molecule has 5 unspecified atom stereocenters. The van der Waals surface area contributed by atoms with E-state index in [9.17, 15) is 44.1 Å². The van der Waals surface area contributed by atoms with Gasteiger partial charge in [-0.2, -0.15) is 0 Å². The molecule has 15 nitrogen and oxygen atoms in total. The SMILES string of the molecule is CC(O)C(N)C(=O)NC(CC(N)=O)C(=O)NC(CC(=O)O)C(=O)NC(Cc1ccc(O)cc1)C(=O)O. The average Bonchev–Trinajstić information content (AvgIpc) is 2.77. The van der Waals surface area contributed by atoms with Crippen LogP contribution in [0.2, 0.25) is 0 Å². The minimum absolute atomic E-state index is 0.0640. The number of aliphatic hydroxyl groups excluding tert-OH is 1. The van der Waals surface area contributed by atoms with Crippen molar-refractivity contribution in [2.75, 3.05) is 0 Å². The molecule has 5 atom stereocenters. The molecule has 0 saturated heterocycles. The number of phenolic OH excluding ortho intramolecular Hbond substituents is 1. The highest BCUT2D eigenvalue weighted by molar-refractivity contribution is 5.97. The Hall–Kier alpha value is -4.24. The third kappa shape index (κ3) is 9.94. The van der Waals surface area contributed by atoms with Gasteiger partial charge in [0.2, 0.25) is 23.6 Å². The van der Waals surface area contributed by atoms with E-state index in [1.165, 1.54) is 31.2 Å². The van der Waals surface area contributed by atoms with Gasteiger partial charge in [-0.05, 0) is 24.6 Å². The molecule has 0 aliphatic heterocycles. The highest BCUT2D eigenvalue weighted by Crippen LogP contribution is 2.12. The number of benzene rings is 1. The molecule has 198 valence electrons. The Bertz CT molecular complexity index is 982. The van der Waals surface area contributed by atoms with Crippen molar-refractivity contribution in [1.29, 1.82) is 0 Å². The highest BCUT2D eigenvalue weighted by atomic mass is 16.4. The van der Waals surface area contributed by atoms with Gasteiger partial charge in [-0.1, -0.05) is 12.1 Å². The Morgan fingerprint density at radius 1 is 0.833 bits per heavy atom. The molecule has 0 aliphatic rings. The van der Waals surface area contributed by atoms with Crippen LogP contribution in [0, 0.1) is 0 Å². The van der Waals surface area contributed by atoms with Crippen molar-refractivity contribution < 1.29 is 49.2 Å². The summed E-state index contributed by atoms with van der Waals surface area (Å²) in [6.07, 6.45) is -3.25. The van der Waals surface area contributed by atoms with E-state index >= 15 is 0 Å². The van der Waals surface area contributed by atoms with Crippen LogP contribution >= 0.6 is 0 Å². The normalized spacial score (nSPS) is 14.9. The van der Waals surface area contributed by atoms with Gasteiger partial charge in [0.1, 0.15) is 29.9 Å². The molecule has 1 rings (SSSR count). The van der Waals surface area contributed by atoms with E-state index in [-0.39, 0.29) is 12.2 Å². The predicted molar refractivity (Wildman–Crippen MR) is 121 cm³/mol. The first-order valence-corrected chi connectivity index (χ1v) is 10.6. The zero-order chi connectivity index (χ0) is 27.6. The molecular formula is C21H29N5O10. The minimum Gasteiger partial charge on any atom is -0.508 e. The van der Waals surface area contributed by atoms with Crippen LogP contribution in [0.5, 0.6) is 5.75 Å². The zero-order valence-corrected chi connectivity index (χ0v) is 19.2. The fraction of sp³-hybridized carbons (Fsp3) is 0.429. The summed E-state index contributed by atoms with van der Waals surface area (Å²) < 4.78 is 0. The van der Waals surface area contributed by atoms with E-state index in [0.717, 1.165) is 0 Å². The Morgan fingerprint density at radius 2 is 1.31 bits per heavy atom. The molecule has 36 heavy (non-hydrogen) atoms. The molecule has 0 saturated carbocycles. The van der Waals surface area contributed by atoms with Crippen molar-refractivity contribution in [2.45, 2.75) is 56.5 Å². The molecule has 15 heteroatoms. The number of hydrogen-bond donors (Lipinski definition) is 9. The Morgan fingerprint density at radius 3 is 1.75 bits per heavy atom. The van der Waals surface area contributed by atoms with Gasteiger partial charge in [-0.15, -0.1) is 0 Å². The van der Waals surface area contributed by atoms with Crippen molar-refractivity contribution in [3.63, 3.8) is 0 Å². The number of phenols is 1. The van der Waals surface area contributed by atoms with Crippen LogP contribution in [0.1, 0.15) is 25.3 Å². The number of nitrogens with two attached hydrogens (primary N) is 2. The summed E-state index contributed by atoms with van der Waals surface area (Å²) in [7, 11) is 0. The van der Waals surface area contributed by atoms with Gasteiger partial charge < -0.3 is 47.8 Å². The monoisotopic (exact) mass is 511 g/mol. The fourth-order valence-corrected chi connectivity index (χ4v) is 2.89. The molecule has 0 aliphatic carbocycles. The van der Waals surface area contributed by atoms with Crippen LogP contribution in [0.15, 0.2) is 24.3 Å². The second-order valence-electron chi connectivity index (χ2n) is 7.93. The van der Waals surface area contributed by atoms with Gasteiger partial charge in [-0.25, -0.2) is 4.79 Å². The number of hydrogen-bond acceptors (Lipinski definition) is 9. The average molecular weight is 511 g/mol. The van der Waals surface area contributed by atoms with E-state index in [1.54, 1.807) is 0 Å². The van der Waals surface area contributed by atoms with Crippen LogP contribution in [0.4, 0.5) is 0 Å². The second kappa shape index (κ2) is 13.6. The number of amides is 4. The Labute approximate surface area is 204 Å². The molecule has 0 fully saturated rings. The first kappa shape index (κ1) is 29.8. The van der Waals surface area contributed by atoms with E-state index in [1.807, 2.05) is 0 Å². The number of primary amides is 1. The van der Waals surface area contributed by atoms with Crippen LogP contribution in [0.3, 0.4) is 0 Å². The van der Waals surface area contributed by atoms with Gasteiger partial charge >= 0.3 is 11.9 Å². The lowest BCUT2D eigenvalue weighted by Crippen LogP contribution is -2.59. The number of carbonyl (C=O) groups is 6. The summed E-state index contributed by atoms with van der Waals surface area (Å²) in [6, 6.07) is -1.01. The summed E-state index contributed by atoms with van der Waals surface area (Å²) in [5, 5.41) is 43.7.